The van der Waals surface area contributed by atoms with Gasteiger partial charge in [0, 0.05) is 26.4 Å². The summed E-state index contributed by atoms with van der Waals surface area (Å²) >= 11 is 7.67. The Morgan fingerprint density at radius 1 is 1.04 bits per heavy atom. The topological polar surface area (TPSA) is 72.9 Å². The first-order valence-corrected chi connectivity index (χ1v) is 9.09. The molecular weight excluding hydrogens is 390 g/mol. The first-order valence-electron chi connectivity index (χ1n) is 7.90. The van der Waals surface area contributed by atoms with E-state index in [1.165, 1.54) is 31.6 Å². The average molecular weight is 408 g/mol. The van der Waals surface area contributed by atoms with Gasteiger partial charge in [0.05, 0.1) is 14.2 Å². The molecule has 1 heterocycles. The van der Waals surface area contributed by atoms with E-state index >= 15 is 0 Å². The quantitative estimate of drug-likeness (QED) is 0.520. The van der Waals surface area contributed by atoms with Gasteiger partial charge in [-0.1, -0.05) is 29.8 Å². The summed E-state index contributed by atoms with van der Waals surface area (Å²) < 4.78 is 9.11. The van der Waals surface area contributed by atoms with Gasteiger partial charge in [-0.25, -0.2) is 0 Å². The van der Waals surface area contributed by atoms with E-state index in [0.29, 0.717) is 5.02 Å². The van der Waals surface area contributed by atoms with Gasteiger partial charge in [0.25, 0.3) is 0 Å². The minimum Gasteiger partial charge on any atom is -0.468 e. The second-order valence-electron chi connectivity index (χ2n) is 5.36. The highest BCUT2D eigenvalue weighted by atomic mass is 35.5. The maximum absolute atomic E-state index is 12.4. The fourth-order valence-electron chi connectivity index (χ4n) is 2.16. The van der Waals surface area contributed by atoms with Gasteiger partial charge in [0.2, 0.25) is 5.91 Å². The van der Waals surface area contributed by atoms with Crippen LogP contribution in [0.5, 0.6) is 0 Å². The molecule has 0 N–H and O–H groups in total. The number of nitrogens with zero attached hydrogens (tertiary/aromatic N) is 1. The lowest BCUT2D eigenvalue weighted by Gasteiger charge is -2.18. The van der Waals surface area contributed by atoms with Crippen molar-refractivity contribution in [2.45, 2.75) is 0 Å². The second-order valence-corrected chi connectivity index (χ2v) is 6.88. The Hall–Kier alpha value is -2.64. The van der Waals surface area contributed by atoms with Crippen LogP contribution in [-0.4, -0.2) is 50.1 Å². The largest absolute Gasteiger partial charge is 0.468 e. The SMILES string of the molecule is COC(=O)CN(CC(=O)OC)C(=O)/C=C/c1ccc(-c2ccccc2Cl)s1. The zero-order valence-corrected chi connectivity index (χ0v) is 16.4. The van der Waals surface area contributed by atoms with Crippen molar-refractivity contribution in [2.24, 2.45) is 0 Å². The third-order valence-electron chi connectivity index (χ3n) is 3.56. The van der Waals surface area contributed by atoms with Crippen LogP contribution in [-0.2, 0) is 23.9 Å². The van der Waals surface area contributed by atoms with Crippen LogP contribution in [0.25, 0.3) is 16.5 Å². The van der Waals surface area contributed by atoms with Gasteiger partial charge in [-0.2, -0.15) is 0 Å². The average Bonchev–Trinajstić information content (AvgIpc) is 3.14. The molecule has 0 aliphatic rings. The summed E-state index contributed by atoms with van der Waals surface area (Å²) in [6.45, 7) is -0.686. The molecule has 2 aromatic rings. The van der Waals surface area contributed by atoms with Crippen molar-refractivity contribution in [1.29, 1.82) is 0 Å². The molecule has 27 heavy (non-hydrogen) atoms. The number of hydrogen-bond acceptors (Lipinski definition) is 6. The van der Waals surface area contributed by atoms with Crippen LogP contribution in [0.1, 0.15) is 4.88 Å². The lowest BCUT2D eigenvalue weighted by molar-refractivity contribution is -0.150. The maximum Gasteiger partial charge on any atom is 0.325 e. The van der Waals surface area contributed by atoms with Crippen molar-refractivity contribution in [3.8, 4) is 10.4 Å². The Balaban J connectivity index is 2.12. The van der Waals surface area contributed by atoms with Crippen molar-refractivity contribution in [3.63, 3.8) is 0 Å². The Morgan fingerprint density at radius 2 is 1.67 bits per heavy atom. The van der Waals surface area contributed by atoms with E-state index in [4.69, 9.17) is 11.6 Å². The molecule has 0 atom stereocenters. The van der Waals surface area contributed by atoms with Crippen LogP contribution in [0.4, 0.5) is 0 Å². The van der Waals surface area contributed by atoms with E-state index in [1.54, 1.807) is 6.08 Å². The standard InChI is InChI=1S/C19H18ClNO5S/c1-25-18(23)11-21(12-19(24)26-2)17(22)10-8-13-7-9-16(27-13)14-5-3-4-6-15(14)20/h3-10H,11-12H2,1-2H3/b10-8+. The number of esters is 2. The van der Waals surface area contributed by atoms with Gasteiger partial charge >= 0.3 is 11.9 Å². The van der Waals surface area contributed by atoms with Crippen LogP contribution in [0.15, 0.2) is 42.5 Å². The molecule has 0 saturated carbocycles. The highest BCUT2D eigenvalue weighted by Gasteiger charge is 2.19. The molecule has 1 aromatic heterocycles. The molecule has 0 aliphatic heterocycles. The van der Waals surface area contributed by atoms with E-state index in [2.05, 4.69) is 9.47 Å². The molecule has 0 saturated heterocycles. The minimum absolute atomic E-state index is 0.343. The number of carbonyl (C=O) groups is 3. The number of rotatable bonds is 7. The van der Waals surface area contributed by atoms with Gasteiger partial charge in [-0.15, -0.1) is 11.3 Å². The summed E-state index contributed by atoms with van der Waals surface area (Å²) in [4.78, 5) is 38.1. The molecule has 6 nitrogen and oxygen atoms in total. The van der Waals surface area contributed by atoms with Crippen molar-refractivity contribution >= 4 is 46.9 Å². The summed E-state index contributed by atoms with van der Waals surface area (Å²) in [6, 6.07) is 11.3. The van der Waals surface area contributed by atoms with Crippen LogP contribution in [0.2, 0.25) is 5.02 Å². The second kappa shape index (κ2) is 9.89. The zero-order chi connectivity index (χ0) is 19.8. The molecule has 1 amide bonds. The predicted molar refractivity (Wildman–Crippen MR) is 104 cm³/mol. The summed E-state index contributed by atoms with van der Waals surface area (Å²) in [7, 11) is 2.42. The van der Waals surface area contributed by atoms with Gasteiger partial charge in [-0.3, -0.25) is 14.4 Å². The van der Waals surface area contributed by atoms with Crippen molar-refractivity contribution in [3.05, 3.63) is 52.4 Å². The van der Waals surface area contributed by atoms with Crippen LogP contribution < -0.4 is 0 Å². The predicted octanol–water partition coefficient (Wildman–Crippen LogP) is 3.26. The summed E-state index contributed by atoms with van der Waals surface area (Å²) in [5, 5.41) is 0.647. The molecule has 142 valence electrons. The molecule has 0 aliphatic carbocycles. The molecule has 8 heteroatoms. The number of benzene rings is 1. The third-order valence-corrected chi connectivity index (χ3v) is 4.98. The molecule has 0 bridgehead atoms. The highest BCUT2D eigenvalue weighted by molar-refractivity contribution is 7.16. The normalized spacial score (nSPS) is 10.6. The van der Waals surface area contributed by atoms with E-state index in [0.717, 1.165) is 20.2 Å². The molecule has 0 fully saturated rings. The Labute approximate surface area is 165 Å². The van der Waals surface area contributed by atoms with Crippen LogP contribution in [0.3, 0.4) is 0 Å². The first-order chi connectivity index (χ1) is 12.9. The maximum atomic E-state index is 12.4. The summed E-state index contributed by atoms with van der Waals surface area (Å²) in [5.41, 5.74) is 0.910. The fourth-order valence-corrected chi connectivity index (χ4v) is 3.40. The highest BCUT2D eigenvalue weighted by Crippen LogP contribution is 2.33. The van der Waals surface area contributed by atoms with Crippen molar-refractivity contribution < 1.29 is 23.9 Å². The number of ether oxygens (including phenoxy) is 2. The molecule has 0 unspecified atom stereocenters. The zero-order valence-electron chi connectivity index (χ0n) is 14.8. The van der Waals surface area contributed by atoms with Gasteiger partial charge in [0.1, 0.15) is 13.1 Å². The van der Waals surface area contributed by atoms with E-state index in [-0.39, 0.29) is 13.1 Å². The summed E-state index contributed by atoms with van der Waals surface area (Å²) in [6.07, 6.45) is 2.92. The number of methoxy groups -OCH3 is 2. The molecule has 1 aromatic carbocycles. The number of hydrogen-bond donors (Lipinski definition) is 0. The van der Waals surface area contributed by atoms with Gasteiger partial charge in [0.15, 0.2) is 0 Å². The molecular formula is C19H18ClNO5S. The molecule has 0 radical (unpaired) electrons. The van der Waals surface area contributed by atoms with E-state index < -0.39 is 17.8 Å². The Morgan fingerprint density at radius 3 is 2.26 bits per heavy atom. The fraction of sp³-hybridized carbons (Fsp3) is 0.211. The number of thiophene rings is 1. The Bertz CT molecular complexity index is 843. The Kier molecular flexibility index (Phi) is 7.57. The molecule has 2 rings (SSSR count). The van der Waals surface area contributed by atoms with E-state index in [9.17, 15) is 14.4 Å². The summed E-state index contributed by atoms with van der Waals surface area (Å²) in [5.74, 6) is -1.76. The number of carbonyl (C=O) groups excluding carboxylic acids is 3. The smallest absolute Gasteiger partial charge is 0.325 e. The van der Waals surface area contributed by atoms with Crippen LogP contribution >= 0.6 is 22.9 Å². The third kappa shape index (κ3) is 5.94. The van der Waals surface area contributed by atoms with E-state index in [1.807, 2.05) is 36.4 Å². The van der Waals surface area contributed by atoms with Crippen molar-refractivity contribution in [1.82, 2.24) is 4.90 Å². The molecule has 0 spiro atoms. The lowest BCUT2D eigenvalue weighted by Crippen LogP contribution is -2.39. The van der Waals surface area contributed by atoms with Crippen molar-refractivity contribution in [2.75, 3.05) is 27.3 Å². The number of amides is 1. The number of halogens is 1. The monoisotopic (exact) mass is 407 g/mol. The van der Waals surface area contributed by atoms with Gasteiger partial charge < -0.3 is 14.4 Å². The lowest BCUT2D eigenvalue weighted by atomic mass is 10.2. The van der Waals surface area contributed by atoms with Crippen LogP contribution in [0, 0.1) is 0 Å². The first kappa shape index (κ1) is 20.7. The van der Waals surface area contributed by atoms with Gasteiger partial charge in [-0.05, 0) is 24.3 Å². The minimum atomic E-state index is -0.627.